The van der Waals surface area contributed by atoms with Crippen LogP contribution in [0, 0.1) is 5.92 Å². The molecule has 2 aliphatic rings. The normalized spacial score (nSPS) is 17.1. The Kier molecular flexibility index (Phi) is 11.5. The number of nitrogens with zero attached hydrogens (tertiary/aromatic N) is 4. The first-order valence-electron chi connectivity index (χ1n) is 16.3. The Morgan fingerprint density at radius 1 is 1.04 bits per heavy atom. The van der Waals surface area contributed by atoms with Gasteiger partial charge in [-0.05, 0) is 74.1 Å². The van der Waals surface area contributed by atoms with Gasteiger partial charge in [0.15, 0.2) is 6.61 Å². The van der Waals surface area contributed by atoms with Gasteiger partial charge in [-0.2, -0.15) is 28.1 Å². The largest absolute Gasteiger partial charge is 0.454 e. The van der Waals surface area contributed by atoms with E-state index in [1.807, 2.05) is 19.1 Å². The van der Waals surface area contributed by atoms with Crippen molar-refractivity contribution in [3.63, 3.8) is 0 Å². The SMILES string of the molecule is CCCNC(=O)C(NC(=O)c1ccc(Nc2nc(NC3(c4ccc(Cl)cc4)CC3)nc(OCC(F)(F)F)n2)cc1)C1CCCN(C(=O)C(N)=O)C1. The van der Waals surface area contributed by atoms with E-state index >= 15 is 0 Å². The van der Waals surface area contributed by atoms with Crippen molar-refractivity contribution in [2.75, 3.05) is 36.9 Å². The molecule has 0 bridgehead atoms. The first kappa shape index (κ1) is 37.1. The summed E-state index contributed by atoms with van der Waals surface area (Å²) in [7, 11) is 0. The topological polar surface area (TPSA) is 194 Å². The number of halogens is 4. The number of aromatic nitrogens is 3. The summed E-state index contributed by atoms with van der Waals surface area (Å²) < 4.78 is 43.7. The van der Waals surface area contributed by atoms with Crippen LogP contribution < -0.4 is 31.7 Å². The Labute approximate surface area is 296 Å². The Morgan fingerprint density at radius 2 is 1.73 bits per heavy atom. The van der Waals surface area contributed by atoms with Crippen LogP contribution in [-0.2, 0) is 19.9 Å². The molecule has 6 N–H and O–H groups in total. The molecule has 14 nitrogen and oxygen atoms in total. The molecule has 1 saturated heterocycles. The zero-order valence-electron chi connectivity index (χ0n) is 27.6. The van der Waals surface area contributed by atoms with Crippen LogP contribution >= 0.6 is 11.6 Å². The van der Waals surface area contributed by atoms with Crippen LogP contribution in [0.4, 0.5) is 30.8 Å². The monoisotopic (exact) mass is 731 g/mol. The fourth-order valence-electron chi connectivity index (χ4n) is 5.71. The number of hydrogen-bond acceptors (Lipinski definition) is 10. The summed E-state index contributed by atoms with van der Waals surface area (Å²) in [4.78, 5) is 63.9. The zero-order chi connectivity index (χ0) is 36.8. The fourth-order valence-corrected chi connectivity index (χ4v) is 5.84. The highest BCUT2D eigenvalue weighted by Crippen LogP contribution is 2.48. The Morgan fingerprint density at radius 3 is 2.35 bits per heavy atom. The highest BCUT2D eigenvalue weighted by atomic mass is 35.5. The molecule has 2 heterocycles. The van der Waals surface area contributed by atoms with Gasteiger partial charge < -0.3 is 36.6 Å². The van der Waals surface area contributed by atoms with Crippen LogP contribution in [0.1, 0.15) is 54.9 Å². The molecular formula is C33H37ClF3N9O5. The van der Waals surface area contributed by atoms with Gasteiger partial charge in [-0.15, -0.1) is 0 Å². The summed E-state index contributed by atoms with van der Waals surface area (Å²) in [5.74, 6) is -3.54. The van der Waals surface area contributed by atoms with E-state index in [-0.39, 0.29) is 24.0 Å². The van der Waals surface area contributed by atoms with E-state index in [0.717, 1.165) is 18.4 Å². The number of ether oxygens (including phenoxy) is 1. The highest BCUT2D eigenvalue weighted by Gasteiger charge is 2.45. The van der Waals surface area contributed by atoms with Crippen molar-refractivity contribution in [3.8, 4) is 6.01 Å². The molecule has 5 rings (SSSR count). The van der Waals surface area contributed by atoms with E-state index < -0.39 is 59.9 Å². The van der Waals surface area contributed by atoms with Crippen LogP contribution in [0.5, 0.6) is 6.01 Å². The number of piperidine rings is 1. The number of nitrogens with two attached hydrogens (primary N) is 1. The number of likely N-dealkylation sites (tertiary alicyclic amines) is 1. The lowest BCUT2D eigenvalue weighted by atomic mass is 9.89. The molecular weight excluding hydrogens is 695 g/mol. The number of amides is 4. The number of rotatable bonds is 13. The molecule has 2 atom stereocenters. The number of benzene rings is 2. The van der Waals surface area contributed by atoms with Crippen molar-refractivity contribution in [2.24, 2.45) is 11.7 Å². The third-order valence-corrected chi connectivity index (χ3v) is 8.68. The van der Waals surface area contributed by atoms with Gasteiger partial charge in [0.25, 0.3) is 5.91 Å². The van der Waals surface area contributed by atoms with Gasteiger partial charge in [0.05, 0.1) is 5.54 Å². The third kappa shape index (κ3) is 9.96. The molecule has 18 heteroatoms. The van der Waals surface area contributed by atoms with Gasteiger partial charge in [0.1, 0.15) is 6.04 Å². The lowest BCUT2D eigenvalue weighted by Crippen LogP contribution is -2.56. The lowest BCUT2D eigenvalue weighted by molar-refractivity contribution is -0.154. The van der Waals surface area contributed by atoms with Crippen molar-refractivity contribution in [1.29, 1.82) is 0 Å². The predicted octanol–water partition coefficient (Wildman–Crippen LogP) is 3.66. The molecule has 0 radical (unpaired) electrons. The minimum absolute atomic E-state index is 0.0145. The number of anilines is 3. The first-order valence-corrected chi connectivity index (χ1v) is 16.7. The second-order valence-electron chi connectivity index (χ2n) is 12.3. The summed E-state index contributed by atoms with van der Waals surface area (Å²) in [6, 6.07) is 11.6. The maximum atomic E-state index is 13.4. The zero-order valence-corrected chi connectivity index (χ0v) is 28.3. The minimum atomic E-state index is -4.63. The van der Waals surface area contributed by atoms with Gasteiger partial charge in [-0.25, -0.2) is 0 Å². The maximum absolute atomic E-state index is 13.4. The summed E-state index contributed by atoms with van der Waals surface area (Å²) in [5.41, 5.74) is 6.12. The van der Waals surface area contributed by atoms with E-state index in [0.29, 0.717) is 43.1 Å². The average Bonchev–Trinajstić information content (AvgIpc) is 3.88. The third-order valence-electron chi connectivity index (χ3n) is 8.43. The average molecular weight is 732 g/mol. The molecule has 2 unspecified atom stereocenters. The van der Waals surface area contributed by atoms with E-state index in [9.17, 15) is 32.3 Å². The van der Waals surface area contributed by atoms with Crippen molar-refractivity contribution < 1.29 is 37.1 Å². The molecule has 1 saturated carbocycles. The molecule has 0 spiro atoms. The van der Waals surface area contributed by atoms with Crippen molar-refractivity contribution >= 4 is 52.8 Å². The van der Waals surface area contributed by atoms with Crippen LogP contribution in [-0.4, -0.2) is 81.9 Å². The molecule has 1 aliphatic carbocycles. The van der Waals surface area contributed by atoms with Gasteiger partial charge in [0, 0.05) is 41.8 Å². The van der Waals surface area contributed by atoms with Crippen molar-refractivity contribution in [3.05, 3.63) is 64.7 Å². The van der Waals surface area contributed by atoms with Crippen LogP contribution in [0.15, 0.2) is 48.5 Å². The predicted molar refractivity (Wildman–Crippen MR) is 180 cm³/mol. The van der Waals surface area contributed by atoms with Crippen molar-refractivity contribution in [1.82, 2.24) is 30.5 Å². The number of alkyl halides is 3. The molecule has 1 aliphatic heterocycles. The summed E-state index contributed by atoms with van der Waals surface area (Å²) >= 11 is 6.03. The molecule has 51 heavy (non-hydrogen) atoms. The second-order valence-corrected chi connectivity index (χ2v) is 12.8. The van der Waals surface area contributed by atoms with Crippen LogP contribution in [0.25, 0.3) is 0 Å². The summed E-state index contributed by atoms with van der Waals surface area (Å²) in [5, 5.41) is 12.2. The smallest absolute Gasteiger partial charge is 0.422 e. The molecule has 3 aromatic rings. The summed E-state index contributed by atoms with van der Waals surface area (Å²) in [6.07, 6.45) is -1.49. The van der Waals surface area contributed by atoms with Gasteiger partial charge in [-0.1, -0.05) is 30.7 Å². The quantitative estimate of drug-likeness (QED) is 0.162. The Hall–Kier alpha value is -5.19. The van der Waals surface area contributed by atoms with Gasteiger partial charge >= 0.3 is 24.0 Å². The number of hydrogen-bond donors (Lipinski definition) is 5. The van der Waals surface area contributed by atoms with E-state index in [1.165, 1.54) is 29.2 Å². The van der Waals surface area contributed by atoms with Crippen molar-refractivity contribution in [2.45, 2.75) is 56.8 Å². The minimum Gasteiger partial charge on any atom is -0.454 e. The highest BCUT2D eigenvalue weighted by molar-refractivity contribution is 6.34. The second kappa shape index (κ2) is 15.8. The maximum Gasteiger partial charge on any atom is 0.422 e. The first-order chi connectivity index (χ1) is 24.2. The van der Waals surface area contributed by atoms with E-state index in [1.54, 1.807) is 12.1 Å². The molecule has 4 amide bonds. The van der Waals surface area contributed by atoms with Crippen LogP contribution in [0.2, 0.25) is 5.02 Å². The Bertz CT molecular complexity index is 1740. The molecule has 2 fully saturated rings. The van der Waals surface area contributed by atoms with E-state index in [2.05, 4.69) is 36.2 Å². The van der Waals surface area contributed by atoms with E-state index in [4.69, 9.17) is 22.1 Å². The standard InChI is InChI=1S/C33H37ClF3N9O5/c1-2-15-39-27(49)24(20-4-3-16-46(17-20)28(50)25(38)47)41-26(48)19-5-11-23(12-6-19)40-29-42-30(44-31(43-29)51-18-33(35,36)37)45-32(13-14-32)21-7-9-22(34)10-8-21/h5-12,20,24H,2-4,13-18H2,1H3,(H2,38,47)(H,39,49)(H,41,48)(H2,40,42,43,44,45). The number of primary amides is 1. The number of carbonyl (C=O) groups is 4. The molecule has 1 aromatic heterocycles. The Balaban J connectivity index is 1.31. The molecule has 272 valence electrons. The van der Waals surface area contributed by atoms with Crippen LogP contribution in [0.3, 0.4) is 0 Å². The summed E-state index contributed by atoms with van der Waals surface area (Å²) in [6.45, 7) is 1.02. The molecule has 2 aromatic carbocycles. The lowest BCUT2D eigenvalue weighted by Gasteiger charge is -2.36. The number of carbonyl (C=O) groups excluding carboxylic acids is 4. The fraction of sp³-hybridized carbons (Fsp3) is 0.424. The van der Waals surface area contributed by atoms with Gasteiger partial charge in [-0.3, -0.25) is 19.2 Å². The van der Waals surface area contributed by atoms with Gasteiger partial charge in [0.2, 0.25) is 17.8 Å². The number of nitrogens with one attached hydrogen (secondary N) is 4.